The third-order valence-electron chi connectivity index (χ3n) is 4.59. The molecular formula is C16H25NO. The SMILES string of the molecule is c1cc2c(o1)CCCC2NC1CCCCCCC1. The van der Waals surface area contributed by atoms with Gasteiger partial charge in [-0.3, -0.25) is 0 Å². The summed E-state index contributed by atoms with van der Waals surface area (Å²) in [4.78, 5) is 0. The Hall–Kier alpha value is -0.760. The van der Waals surface area contributed by atoms with Crippen molar-refractivity contribution < 1.29 is 4.42 Å². The quantitative estimate of drug-likeness (QED) is 0.840. The van der Waals surface area contributed by atoms with Gasteiger partial charge >= 0.3 is 0 Å². The fourth-order valence-corrected chi connectivity index (χ4v) is 3.57. The first-order valence-electron chi connectivity index (χ1n) is 7.76. The Balaban J connectivity index is 1.62. The van der Waals surface area contributed by atoms with Crippen molar-refractivity contribution in [2.75, 3.05) is 0 Å². The summed E-state index contributed by atoms with van der Waals surface area (Å²) in [6.07, 6.45) is 15.4. The van der Waals surface area contributed by atoms with Crippen LogP contribution in [0.25, 0.3) is 0 Å². The first kappa shape index (κ1) is 12.3. The average Bonchev–Trinajstić information content (AvgIpc) is 2.81. The lowest BCUT2D eigenvalue weighted by Crippen LogP contribution is -2.34. The number of furan rings is 1. The van der Waals surface area contributed by atoms with E-state index in [2.05, 4.69) is 11.4 Å². The highest BCUT2D eigenvalue weighted by Gasteiger charge is 2.24. The summed E-state index contributed by atoms with van der Waals surface area (Å²) in [5.41, 5.74) is 1.43. The summed E-state index contributed by atoms with van der Waals surface area (Å²) in [5.74, 6) is 1.23. The van der Waals surface area contributed by atoms with Crippen LogP contribution in [-0.2, 0) is 6.42 Å². The van der Waals surface area contributed by atoms with Gasteiger partial charge in [-0.15, -0.1) is 0 Å². The number of fused-ring (bicyclic) bond motifs is 1. The maximum absolute atomic E-state index is 5.58. The molecule has 1 saturated carbocycles. The molecule has 0 spiro atoms. The second-order valence-electron chi connectivity index (χ2n) is 5.95. The zero-order chi connectivity index (χ0) is 12.2. The third-order valence-corrected chi connectivity index (χ3v) is 4.59. The van der Waals surface area contributed by atoms with E-state index >= 15 is 0 Å². The predicted molar refractivity (Wildman–Crippen MR) is 73.6 cm³/mol. The van der Waals surface area contributed by atoms with Crippen LogP contribution < -0.4 is 5.32 Å². The van der Waals surface area contributed by atoms with Gasteiger partial charge in [-0.1, -0.05) is 32.1 Å². The Morgan fingerprint density at radius 3 is 2.56 bits per heavy atom. The van der Waals surface area contributed by atoms with Crippen LogP contribution in [0.15, 0.2) is 16.7 Å². The molecule has 1 unspecified atom stereocenters. The van der Waals surface area contributed by atoms with Gasteiger partial charge in [-0.2, -0.15) is 0 Å². The molecule has 0 aliphatic heterocycles. The van der Waals surface area contributed by atoms with Gasteiger partial charge in [0.05, 0.1) is 6.26 Å². The first-order valence-corrected chi connectivity index (χ1v) is 7.76. The lowest BCUT2D eigenvalue weighted by atomic mass is 9.90. The van der Waals surface area contributed by atoms with Crippen molar-refractivity contribution >= 4 is 0 Å². The van der Waals surface area contributed by atoms with Gasteiger partial charge < -0.3 is 9.73 Å². The Labute approximate surface area is 110 Å². The van der Waals surface area contributed by atoms with Crippen LogP contribution in [0.3, 0.4) is 0 Å². The van der Waals surface area contributed by atoms with E-state index in [0.29, 0.717) is 6.04 Å². The molecule has 0 bridgehead atoms. The van der Waals surface area contributed by atoms with Gasteiger partial charge in [0, 0.05) is 24.1 Å². The van der Waals surface area contributed by atoms with Gasteiger partial charge in [-0.25, -0.2) is 0 Å². The average molecular weight is 247 g/mol. The van der Waals surface area contributed by atoms with Gasteiger partial charge in [0.1, 0.15) is 5.76 Å². The number of hydrogen-bond donors (Lipinski definition) is 1. The Morgan fingerprint density at radius 2 is 1.72 bits per heavy atom. The van der Waals surface area contributed by atoms with E-state index in [4.69, 9.17) is 4.42 Å². The Morgan fingerprint density at radius 1 is 0.944 bits per heavy atom. The molecule has 2 aliphatic carbocycles. The molecule has 2 heteroatoms. The number of aryl methyl sites for hydroxylation is 1. The molecule has 18 heavy (non-hydrogen) atoms. The van der Waals surface area contributed by atoms with Crippen molar-refractivity contribution in [2.24, 2.45) is 0 Å². The predicted octanol–water partition coefficient (Wildman–Crippen LogP) is 4.36. The van der Waals surface area contributed by atoms with E-state index in [-0.39, 0.29) is 0 Å². The second-order valence-corrected chi connectivity index (χ2v) is 5.95. The molecule has 1 N–H and O–H groups in total. The molecular weight excluding hydrogens is 222 g/mol. The van der Waals surface area contributed by atoms with Crippen LogP contribution >= 0.6 is 0 Å². The van der Waals surface area contributed by atoms with Crippen molar-refractivity contribution in [3.8, 4) is 0 Å². The third kappa shape index (κ3) is 2.80. The molecule has 100 valence electrons. The molecule has 0 radical (unpaired) electrons. The monoisotopic (exact) mass is 247 g/mol. The van der Waals surface area contributed by atoms with Crippen molar-refractivity contribution in [2.45, 2.75) is 76.3 Å². The minimum Gasteiger partial charge on any atom is -0.469 e. The van der Waals surface area contributed by atoms with Crippen molar-refractivity contribution in [1.29, 1.82) is 0 Å². The topological polar surface area (TPSA) is 25.2 Å². The molecule has 0 amide bonds. The molecule has 1 atom stereocenters. The van der Waals surface area contributed by atoms with Crippen molar-refractivity contribution in [3.05, 3.63) is 23.7 Å². The van der Waals surface area contributed by atoms with Crippen LogP contribution in [0.2, 0.25) is 0 Å². The van der Waals surface area contributed by atoms with Crippen LogP contribution in [0.1, 0.15) is 75.2 Å². The second kappa shape index (κ2) is 5.92. The molecule has 2 aliphatic rings. The smallest absolute Gasteiger partial charge is 0.108 e. The van der Waals surface area contributed by atoms with E-state index in [9.17, 15) is 0 Å². The van der Waals surface area contributed by atoms with Crippen molar-refractivity contribution in [3.63, 3.8) is 0 Å². The maximum Gasteiger partial charge on any atom is 0.108 e. The summed E-state index contributed by atoms with van der Waals surface area (Å²) in [5, 5.41) is 3.91. The minimum atomic E-state index is 0.553. The van der Waals surface area contributed by atoms with E-state index < -0.39 is 0 Å². The number of hydrogen-bond acceptors (Lipinski definition) is 2. The van der Waals surface area contributed by atoms with Crippen LogP contribution in [0.5, 0.6) is 0 Å². The summed E-state index contributed by atoms with van der Waals surface area (Å²) >= 11 is 0. The summed E-state index contributed by atoms with van der Waals surface area (Å²) in [6, 6.07) is 3.46. The lowest BCUT2D eigenvalue weighted by molar-refractivity contribution is 0.326. The fourth-order valence-electron chi connectivity index (χ4n) is 3.57. The molecule has 1 heterocycles. The molecule has 0 aromatic carbocycles. The molecule has 2 nitrogen and oxygen atoms in total. The zero-order valence-corrected chi connectivity index (χ0v) is 11.3. The highest BCUT2D eigenvalue weighted by Crippen LogP contribution is 2.31. The number of rotatable bonds is 2. The highest BCUT2D eigenvalue weighted by atomic mass is 16.3. The number of nitrogens with one attached hydrogen (secondary N) is 1. The van der Waals surface area contributed by atoms with Crippen LogP contribution in [-0.4, -0.2) is 6.04 Å². The Kier molecular flexibility index (Phi) is 4.04. The highest BCUT2D eigenvalue weighted by molar-refractivity contribution is 5.24. The summed E-state index contributed by atoms with van der Waals surface area (Å²) < 4.78 is 5.58. The maximum atomic E-state index is 5.58. The molecule has 1 fully saturated rings. The van der Waals surface area contributed by atoms with Crippen molar-refractivity contribution in [1.82, 2.24) is 5.32 Å². The minimum absolute atomic E-state index is 0.553. The van der Waals surface area contributed by atoms with E-state index in [1.807, 2.05) is 6.26 Å². The normalized spacial score (nSPS) is 26.3. The van der Waals surface area contributed by atoms with E-state index in [0.717, 1.165) is 12.5 Å². The first-order chi connectivity index (χ1) is 8.93. The molecule has 1 aromatic rings. The standard InChI is InChI=1S/C16H25NO/c1-2-4-7-13(8-5-3-1)17-15-9-6-10-16-14(15)11-12-18-16/h11-13,15,17H,1-10H2. The lowest BCUT2D eigenvalue weighted by Gasteiger charge is -2.29. The molecule has 0 saturated heterocycles. The van der Waals surface area contributed by atoms with Gasteiger partial charge in [-0.05, 0) is 31.7 Å². The largest absolute Gasteiger partial charge is 0.469 e. The van der Waals surface area contributed by atoms with Gasteiger partial charge in [0.15, 0.2) is 0 Å². The summed E-state index contributed by atoms with van der Waals surface area (Å²) in [7, 11) is 0. The Bertz CT molecular complexity index is 363. The van der Waals surface area contributed by atoms with Gasteiger partial charge in [0.25, 0.3) is 0 Å². The van der Waals surface area contributed by atoms with Crippen LogP contribution in [0.4, 0.5) is 0 Å². The zero-order valence-electron chi connectivity index (χ0n) is 11.3. The molecule has 1 aromatic heterocycles. The molecule has 3 rings (SSSR count). The van der Waals surface area contributed by atoms with Crippen LogP contribution in [0, 0.1) is 0 Å². The van der Waals surface area contributed by atoms with E-state index in [1.165, 1.54) is 69.1 Å². The van der Waals surface area contributed by atoms with E-state index in [1.54, 1.807) is 0 Å². The van der Waals surface area contributed by atoms with Gasteiger partial charge in [0.2, 0.25) is 0 Å². The fraction of sp³-hybridized carbons (Fsp3) is 0.750. The summed E-state index contributed by atoms with van der Waals surface area (Å²) in [6.45, 7) is 0.